The molecule has 0 saturated carbocycles. The molecule has 0 unspecified atom stereocenters. The van der Waals surface area contributed by atoms with E-state index < -0.39 is 5.41 Å². The van der Waals surface area contributed by atoms with Gasteiger partial charge in [0.05, 0.1) is 12.8 Å². The molecule has 0 radical (unpaired) electrons. The van der Waals surface area contributed by atoms with E-state index in [1.54, 1.807) is 6.21 Å². The van der Waals surface area contributed by atoms with Gasteiger partial charge in [-0.15, -0.1) is 0 Å². The SMILES string of the molecule is CCCCOc1cccc(/C=N\n2c(=S)[nH]nc(C(C)(C)C)c2=O)c1. The Kier molecular flexibility index (Phi) is 6.25. The van der Waals surface area contributed by atoms with Crippen LogP contribution in [0.5, 0.6) is 5.75 Å². The predicted octanol–water partition coefficient (Wildman–Crippen LogP) is 3.66. The van der Waals surface area contributed by atoms with Crippen LogP contribution in [0.15, 0.2) is 34.2 Å². The lowest BCUT2D eigenvalue weighted by Crippen LogP contribution is -2.32. The largest absolute Gasteiger partial charge is 0.494 e. The van der Waals surface area contributed by atoms with Gasteiger partial charge in [0.1, 0.15) is 11.4 Å². The highest BCUT2D eigenvalue weighted by Gasteiger charge is 2.21. The van der Waals surface area contributed by atoms with E-state index in [1.165, 1.54) is 0 Å². The summed E-state index contributed by atoms with van der Waals surface area (Å²) in [5.74, 6) is 0.778. The second-order valence-electron chi connectivity index (χ2n) is 6.76. The molecule has 0 atom stereocenters. The molecule has 6 nitrogen and oxygen atoms in total. The summed E-state index contributed by atoms with van der Waals surface area (Å²) in [7, 11) is 0. The summed E-state index contributed by atoms with van der Waals surface area (Å²) in [6, 6.07) is 7.55. The van der Waals surface area contributed by atoms with Gasteiger partial charge in [-0.1, -0.05) is 46.2 Å². The first kappa shape index (κ1) is 19.1. The average molecular weight is 360 g/mol. The number of H-pyrrole nitrogens is 1. The van der Waals surface area contributed by atoms with Crippen LogP contribution in [-0.2, 0) is 5.41 Å². The van der Waals surface area contributed by atoms with Crippen molar-refractivity contribution in [2.45, 2.75) is 46.0 Å². The fourth-order valence-electron chi connectivity index (χ4n) is 2.13. The minimum Gasteiger partial charge on any atom is -0.494 e. The molecule has 0 spiro atoms. The highest BCUT2D eigenvalue weighted by Crippen LogP contribution is 2.15. The molecule has 25 heavy (non-hydrogen) atoms. The summed E-state index contributed by atoms with van der Waals surface area (Å²) < 4.78 is 7.00. The molecule has 134 valence electrons. The zero-order valence-corrected chi connectivity index (χ0v) is 15.9. The molecule has 1 aromatic carbocycles. The number of ether oxygens (including phenoxy) is 1. The van der Waals surface area contributed by atoms with Gasteiger partial charge in [-0.05, 0) is 36.3 Å². The predicted molar refractivity (Wildman–Crippen MR) is 102 cm³/mol. The van der Waals surface area contributed by atoms with Crippen LogP contribution in [-0.4, -0.2) is 27.7 Å². The number of hydrogen-bond acceptors (Lipinski definition) is 5. The summed E-state index contributed by atoms with van der Waals surface area (Å²) in [6.45, 7) is 8.55. The molecule has 0 bridgehead atoms. The van der Waals surface area contributed by atoms with Crippen molar-refractivity contribution in [3.63, 3.8) is 0 Å². The zero-order chi connectivity index (χ0) is 18.4. The molecule has 1 heterocycles. The quantitative estimate of drug-likeness (QED) is 0.485. The Hall–Kier alpha value is -2.28. The number of benzene rings is 1. The van der Waals surface area contributed by atoms with Crippen LogP contribution in [0.3, 0.4) is 0 Å². The third-order valence-electron chi connectivity index (χ3n) is 3.51. The standard InChI is InChI=1S/C18H24N4O2S/c1-5-6-10-24-14-9-7-8-13(11-14)12-19-22-16(23)15(18(2,3)4)20-21-17(22)25/h7-9,11-12H,5-6,10H2,1-4H3,(H,21,25)/b19-12-. The van der Waals surface area contributed by atoms with E-state index in [9.17, 15) is 4.79 Å². The van der Waals surface area contributed by atoms with Gasteiger partial charge in [-0.3, -0.25) is 9.89 Å². The number of nitrogens with one attached hydrogen (secondary N) is 1. The molecule has 7 heteroatoms. The Labute approximate surface area is 152 Å². The number of rotatable bonds is 6. The first-order valence-electron chi connectivity index (χ1n) is 8.32. The molecule has 2 aromatic rings. The van der Waals surface area contributed by atoms with Crippen LogP contribution in [0.25, 0.3) is 0 Å². The lowest BCUT2D eigenvalue weighted by atomic mass is 9.93. The van der Waals surface area contributed by atoms with Crippen molar-refractivity contribution in [1.82, 2.24) is 14.9 Å². The summed E-state index contributed by atoms with van der Waals surface area (Å²) in [4.78, 5) is 12.6. The number of nitrogens with zero attached hydrogens (tertiary/aromatic N) is 3. The van der Waals surface area contributed by atoms with Crippen molar-refractivity contribution in [1.29, 1.82) is 0 Å². The topological polar surface area (TPSA) is 72.3 Å². The van der Waals surface area contributed by atoms with Crippen molar-refractivity contribution >= 4 is 18.4 Å². The lowest BCUT2D eigenvalue weighted by molar-refractivity contribution is 0.309. The maximum Gasteiger partial charge on any atom is 0.297 e. The second-order valence-corrected chi connectivity index (χ2v) is 7.15. The van der Waals surface area contributed by atoms with E-state index in [0.717, 1.165) is 28.8 Å². The zero-order valence-electron chi connectivity index (χ0n) is 15.1. The van der Waals surface area contributed by atoms with Crippen molar-refractivity contribution < 1.29 is 4.74 Å². The first-order valence-corrected chi connectivity index (χ1v) is 8.73. The smallest absolute Gasteiger partial charge is 0.297 e. The average Bonchev–Trinajstić information content (AvgIpc) is 2.54. The fourth-order valence-corrected chi connectivity index (χ4v) is 2.30. The van der Waals surface area contributed by atoms with Crippen molar-refractivity contribution in [2.24, 2.45) is 5.10 Å². The maximum atomic E-state index is 12.6. The minimum atomic E-state index is -0.402. The van der Waals surface area contributed by atoms with Gasteiger partial charge in [0.15, 0.2) is 0 Å². The van der Waals surface area contributed by atoms with E-state index in [4.69, 9.17) is 17.0 Å². The highest BCUT2D eigenvalue weighted by molar-refractivity contribution is 7.71. The van der Waals surface area contributed by atoms with Crippen LogP contribution in [0.1, 0.15) is 51.8 Å². The van der Waals surface area contributed by atoms with Gasteiger partial charge in [0.25, 0.3) is 5.56 Å². The number of aromatic amines is 1. The van der Waals surface area contributed by atoms with Crippen molar-refractivity contribution in [3.05, 3.63) is 50.6 Å². The van der Waals surface area contributed by atoms with Gasteiger partial charge in [-0.2, -0.15) is 14.9 Å². The highest BCUT2D eigenvalue weighted by atomic mass is 32.1. The Bertz CT molecular complexity index is 862. The van der Waals surface area contributed by atoms with Gasteiger partial charge < -0.3 is 4.74 Å². The summed E-state index contributed by atoms with van der Waals surface area (Å²) >= 11 is 5.14. The second kappa shape index (κ2) is 8.20. The Morgan fingerprint density at radius 2 is 2.16 bits per heavy atom. The van der Waals surface area contributed by atoms with Gasteiger partial charge in [0, 0.05) is 5.41 Å². The summed E-state index contributed by atoms with van der Waals surface area (Å²) in [6.07, 6.45) is 3.68. The number of unbranched alkanes of at least 4 members (excludes halogenated alkanes) is 1. The molecule has 0 aliphatic carbocycles. The van der Waals surface area contributed by atoms with Crippen LogP contribution < -0.4 is 10.3 Å². The third kappa shape index (κ3) is 5.09. The van der Waals surface area contributed by atoms with Crippen LogP contribution in [0, 0.1) is 4.77 Å². The number of hydrogen-bond donors (Lipinski definition) is 1. The first-order chi connectivity index (χ1) is 11.8. The molecule has 1 N–H and O–H groups in total. The lowest BCUT2D eigenvalue weighted by Gasteiger charge is -2.16. The monoisotopic (exact) mass is 360 g/mol. The molecule has 0 amide bonds. The maximum absolute atomic E-state index is 12.6. The van der Waals surface area contributed by atoms with E-state index in [0.29, 0.717) is 12.3 Å². The van der Waals surface area contributed by atoms with Gasteiger partial charge in [-0.25, -0.2) is 0 Å². The molecule has 2 rings (SSSR count). The molecule has 1 aromatic heterocycles. The summed E-state index contributed by atoms with van der Waals surface area (Å²) in [5, 5.41) is 11.0. The van der Waals surface area contributed by atoms with Crippen LogP contribution in [0.2, 0.25) is 0 Å². The van der Waals surface area contributed by atoms with Crippen molar-refractivity contribution in [2.75, 3.05) is 6.61 Å². The van der Waals surface area contributed by atoms with E-state index in [-0.39, 0.29) is 10.3 Å². The molecular weight excluding hydrogens is 336 g/mol. The van der Waals surface area contributed by atoms with Crippen LogP contribution in [0.4, 0.5) is 0 Å². The van der Waals surface area contributed by atoms with Gasteiger partial charge in [0.2, 0.25) is 4.77 Å². The molecule has 0 aliphatic heterocycles. The molecule has 0 saturated heterocycles. The molecular formula is C18H24N4O2S. The summed E-state index contributed by atoms with van der Waals surface area (Å²) in [5.41, 5.74) is 0.489. The normalized spacial score (nSPS) is 11.8. The van der Waals surface area contributed by atoms with Crippen LogP contribution >= 0.6 is 12.2 Å². The Morgan fingerprint density at radius 3 is 2.84 bits per heavy atom. The molecule has 0 aliphatic rings. The van der Waals surface area contributed by atoms with E-state index in [2.05, 4.69) is 22.2 Å². The Balaban J connectivity index is 2.29. The number of aromatic nitrogens is 3. The van der Waals surface area contributed by atoms with Gasteiger partial charge >= 0.3 is 0 Å². The Morgan fingerprint density at radius 1 is 1.40 bits per heavy atom. The van der Waals surface area contributed by atoms with E-state index in [1.807, 2.05) is 45.0 Å². The minimum absolute atomic E-state index is 0.157. The van der Waals surface area contributed by atoms with E-state index >= 15 is 0 Å². The molecule has 0 fully saturated rings. The third-order valence-corrected chi connectivity index (χ3v) is 3.77. The fraction of sp³-hybridized carbons (Fsp3) is 0.444. The van der Waals surface area contributed by atoms with Crippen molar-refractivity contribution in [3.8, 4) is 5.75 Å².